The van der Waals surface area contributed by atoms with Crippen molar-refractivity contribution < 1.29 is 4.79 Å². The van der Waals surface area contributed by atoms with Crippen LogP contribution in [-0.4, -0.2) is 48.9 Å². The van der Waals surface area contributed by atoms with E-state index in [4.69, 9.17) is 0 Å². The fraction of sp³-hybridized carbons (Fsp3) is 0.562. The molecule has 1 saturated heterocycles. The van der Waals surface area contributed by atoms with E-state index >= 15 is 0 Å². The number of aromatic nitrogens is 5. The van der Waals surface area contributed by atoms with Crippen molar-refractivity contribution in [2.24, 2.45) is 5.92 Å². The van der Waals surface area contributed by atoms with Crippen LogP contribution in [0.15, 0.2) is 17.2 Å². The third-order valence-electron chi connectivity index (χ3n) is 4.97. The van der Waals surface area contributed by atoms with Crippen LogP contribution in [0.25, 0.3) is 0 Å². The Morgan fingerprint density at radius 2 is 2.12 bits per heavy atom. The summed E-state index contributed by atoms with van der Waals surface area (Å²) in [7, 11) is 0. The first-order chi connectivity index (χ1) is 11.7. The molecule has 1 amide bonds. The number of rotatable bonds is 3. The Hall–Kier alpha value is -2.51. The number of aryl methyl sites for hydroxylation is 2. The summed E-state index contributed by atoms with van der Waals surface area (Å²) in [5.41, 5.74) is 2.19. The Bertz CT molecular complexity index is 789. The molecule has 0 saturated carbocycles. The molecule has 0 unspecified atom stereocenters. The van der Waals surface area contributed by atoms with E-state index in [1.807, 2.05) is 0 Å². The van der Waals surface area contributed by atoms with Crippen LogP contribution in [0.1, 0.15) is 41.1 Å². The molecule has 0 atom stereocenters. The monoisotopic (exact) mass is 328 g/mol. The highest BCUT2D eigenvalue weighted by molar-refractivity contribution is 5.90. The minimum absolute atomic E-state index is 0.00387. The van der Waals surface area contributed by atoms with Crippen molar-refractivity contribution in [3.05, 3.63) is 39.8 Å². The molecule has 2 aromatic rings. The molecule has 1 fully saturated rings. The van der Waals surface area contributed by atoms with Crippen LogP contribution >= 0.6 is 0 Å². The minimum atomic E-state index is -0.112. The van der Waals surface area contributed by atoms with Gasteiger partial charge in [-0.1, -0.05) is 0 Å². The van der Waals surface area contributed by atoms with Gasteiger partial charge in [0.15, 0.2) is 0 Å². The number of carbonyl (C=O) groups is 1. The van der Waals surface area contributed by atoms with Crippen molar-refractivity contribution in [3.8, 4) is 0 Å². The second-order valence-electron chi connectivity index (χ2n) is 6.56. The third kappa shape index (κ3) is 2.83. The molecule has 126 valence electrons. The highest BCUT2D eigenvalue weighted by Gasteiger charge is 2.26. The lowest BCUT2D eigenvalue weighted by Crippen LogP contribution is -2.40. The summed E-state index contributed by atoms with van der Waals surface area (Å²) in [6.45, 7) is 1.98. The Kier molecular flexibility index (Phi) is 3.87. The summed E-state index contributed by atoms with van der Waals surface area (Å²) in [6.07, 6.45) is 6.11. The Morgan fingerprint density at radius 3 is 2.88 bits per heavy atom. The van der Waals surface area contributed by atoms with Gasteiger partial charge in [-0.2, -0.15) is 10.2 Å². The average Bonchev–Trinajstić information content (AvgIpc) is 3.26. The summed E-state index contributed by atoms with van der Waals surface area (Å²) >= 11 is 0. The summed E-state index contributed by atoms with van der Waals surface area (Å²) in [5.74, 6) is 0.539. The van der Waals surface area contributed by atoms with Gasteiger partial charge in [-0.3, -0.25) is 14.7 Å². The maximum atomic E-state index is 12.2. The molecule has 8 nitrogen and oxygen atoms in total. The molecule has 0 spiro atoms. The van der Waals surface area contributed by atoms with Crippen LogP contribution in [0.4, 0.5) is 0 Å². The molecule has 0 aromatic carbocycles. The number of carbonyl (C=O) groups excluding carboxylic acids is 1. The predicted molar refractivity (Wildman–Crippen MR) is 85.5 cm³/mol. The number of piperidine rings is 1. The van der Waals surface area contributed by atoms with E-state index in [9.17, 15) is 9.59 Å². The zero-order chi connectivity index (χ0) is 16.5. The zero-order valence-electron chi connectivity index (χ0n) is 13.4. The maximum Gasteiger partial charge on any atom is 0.291 e. The molecule has 8 heteroatoms. The number of hydrogen-bond acceptors (Lipinski definition) is 5. The first-order valence-electron chi connectivity index (χ1n) is 8.45. The molecule has 2 aliphatic rings. The number of likely N-dealkylation sites (tertiary alicyclic amines) is 1. The number of nitrogens with zero attached hydrogens (tertiary/aromatic N) is 5. The molecule has 3 heterocycles. The summed E-state index contributed by atoms with van der Waals surface area (Å²) < 4.78 is 1.61. The van der Waals surface area contributed by atoms with Crippen LogP contribution in [-0.2, 0) is 19.4 Å². The number of H-pyrrole nitrogens is 1. The van der Waals surface area contributed by atoms with Crippen molar-refractivity contribution in [2.75, 3.05) is 13.1 Å². The van der Waals surface area contributed by atoms with Crippen LogP contribution in [0.5, 0.6) is 0 Å². The molecular formula is C16H20N6O2. The van der Waals surface area contributed by atoms with Gasteiger partial charge < -0.3 is 4.90 Å². The molecule has 1 aliphatic carbocycles. The van der Waals surface area contributed by atoms with Crippen LogP contribution in [0.3, 0.4) is 0 Å². The van der Waals surface area contributed by atoms with Gasteiger partial charge in [-0.05, 0) is 43.6 Å². The Morgan fingerprint density at radius 1 is 1.29 bits per heavy atom. The molecule has 0 bridgehead atoms. The highest BCUT2D eigenvalue weighted by Crippen LogP contribution is 2.21. The lowest BCUT2D eigenvalue weighted by Gasteiger charge is -2.31. The van der Waals surface area contributed by atoms with Gasteiger partial charge in [0.25, 0.3) is 11.5 Å². The molecule has 24 heavy (non-hydrogen) atoms. The molecule has 1 aliphatic heterocycles. The van der Waals surface area contributed by atoms with E-state index in [0.29, 0.717) is 25.6 Å². The van der Waals surface area contributed by atoms with E-state index in [2.05, 4.69) is 20.3 Å². The maximum absolute atomic E-state index is 12.2. The lowest BCUT2D eigenvalue weighted by atomic mass is 9.96. The third-order valence-corrected chi connectivity index (χ3v) is 4.97. The smallest absolute Gasteiger partial charge is 0.291 e. The highest BCUT2D eigenvalue weighted by atomic mass is 16.2. The van der Waals surface area contributed by atoms with Crippen LogP contribution in [0.2, 0.25) is 0 Å². The Labute approximate surface area is 138 Å². The molecule has 4 rings (SSSR count). The van der Waals surface area contributed by atoms with Gasteiger partial charge in [0.2, 0.25) is 5.82 Å². The lowest BCUT2D eigenvalue weighted by molar-refractivity contribution is 0.0668. The second kappa shape index (κ2) is 6.18. The second-order valence-corrected chi connectivity index (χ2v) is 6.56. The Balaban J connectivity index is 1.38. The quantitative estimate of drug-likeness (QED) is 0.880. The van der Waals surface area contributed by atoms with E-state index in [-0.39, 0.29) is 17.3 Å². The normalized spacial score (nSPS) is 17.9. The minimum Gasteiger partial charge on any atom is -0.336 e. The van der Waals surface area contributed by atoms with Crippen molar-refractivity contribution >= 4 is 5.91 Å². The molecule has 1 N–H and O–H groups in total. The van der Waals surface area contributed by atoms with Crippen molar-refractivity contribution in [3.63, 3.8) is 0 Å². The SMILES string of the molecule is O=C(c1ncn[nH]1)N1CCC(Cn2nc3c(cc2=O)CCC3)CC1. The average molecular weight is 328 g/mol. The van der Waals surface area contributed by atoms with Gasteiger partial charge in [-0.25, -0.2) is 9.67 Å². The first kappa shape index (κ1) is 15.0. The molecule has 2 aromatic heterocycles. The van der Waals surface area contributed by atoms with Gasteiger partial charge in [0.05, 0.1) is 5.69 Å². The van der Waals surface area contributed by atoms with Crippen LogP contribution < -0.4 is 5.56 Å². The number of aromatic amines is 1. The number of nitrogens with one attached hydrogen (secondary N) is 1. The zero-order valence-corrected chi connectivity index (χ0v) is 13.4. The van der Waals surface area contributed by atoms with E-state index in [1.165, 1.54) is 6.33 Å². The van der Waals surface area contributed by atoms with Gasteiger partial charge in [0.1, 0.15) is 6.33 Å². The summed E-state index contributed by atoms with van der Waals surface area (Å²) in [5, 5.41) is 10.9. The van der Waals surface area contributed by atoms with Gasteiger partial charge in [-0.15, -0.1) is 0 Å². The van der Waals surface area contributed by atoms with Crippen molar-refractivity contribution in [1.29, 1.82) is 0 Å². The summed E-state index contributed by atoms with van der Waals surface area (Å²) in [4.78, 5) is 30.1. The van der Waals surface area contributed by atoms with Crippen molar-refractivity contribution in [1.82, 2.24) is 29.9 Å². The standard InChI is InChI=1S/C16H20N6O2/c23-14-8-12-2-1-3-13(12)20-22(14)9-11-4-6-21(7-5-11)16(24)15-17-10-18-19-15/h8,10-11H,1-7,9H2,(H,17,18,19). The van der Waals surface area contributed by atoms with Gasteiger partial charge >= 0.3 is 0 Å². The largest absolute Gasteiger partial charge is 0.336 e. The number of fused-ring (bicyclic) bond motifs is 1. The number of amides is 1. The molecule has 0 radical (unpaired) electrons. The fourth-order valence-electron chi connectivity index (χ4n) is 3.59. The van der Waals surface area contributed by atoms with Crippen LogP contribution in [0, 0.1) is 5.92 Å². The summed E-state index contributed by atoms with van der Waals surface area (Å²) in [6, 6.07) is 1.75. The fourth-order valence-corrected chi connectivity index (χ4v) is 3.59. The topological polar surface area (TPSA) is 96.8 Å². The molecular weight excluding hydrogens is 308 g/mol. The van der Waals surface area contributed by atoms with E-state index in [0.717, 1.165) is 43.4 Å². The van der Waals surface area contributed by atoms with E-state index < -0.39 is 0 Å². The van der Waals surface area contributed by atoms with Gasteiger partial charge in [0, 0.05) is 25.7 Å². The predicted octanol–water partition coefficient (Wildman–Crippen LogP) is 0.402. The van der Waals surface area contributed by atoms with E-state index in [1.54, 1.807) is 15.6 Å². The van der Waals surface area contributed by atoms with Crippen molar-refractivity contribution in [2.45, 2.75) is 38.6 Å². The first-order valence-corrected chi connectivity index (χ1v) is 8.45. The number of hydrogen-bond donors (Lipinski definition) is 1.